The van der Waals surface area contributed by atoms with Crippen molar-refractivity contribution < 1.29 is 0 Å². The van der Waals surface area contributed by atoms with Crippen molar-refractivity contribution in [3.8, 4) is 11.3 Å². The molecule has 0 unspecified atom stereocenters. The van der Waals surface area contributed by atoms with Crippen molar-refractivity contribution in [3.05, 3.63) is 58.1 Å². The molecule has 0 aliphatic rings. The smallest absolute Gasteiger partial charge is 0.0705 e. The predicted octanol–water partition coefficient (Wildman–Crippen LogP) is 4.31. The molecule has 0 spiro atoms. The lowest BCUT2D eigenvalue weighted by Crippen LogP contribution is -1.87. The maximum absolute atomic E-state index is 8.39. The molecule has 0 N–H and O–H groups in total. The van der Waals surface area contributed by atoms with E-state index in [4.69, 9.17) is 5.53 Å². The van der Waals surface area contributed by atoms with Crippen molar-refractivity contribution in [1.82, 2.24) is 4.98 Å². The molecule has 1 aromatic carbocycles. The van der Waals surface area contributed by atoms with E-state index < -0.39 is 0 Å². The first kappa shape index (κ1) is 11.2. The number of aryl methyl sites for hydroxylation is 2. The summed E-state index contributed by atoms with van der Waals surface area (Å²) in [4.78, 5) is 7.19. The SMILES string of the molecule is Cc1ccc(-c2ccc(N=[N+]=[N-])c(C)n2)cc1. The quantitative estimate of drug-likeness (QED) is 0.426. The van der Waals surface area contributed by atoms with Crippen LogP contribution in [0.1, 0.15) is 11.3 Å². The maximum Gasteiger partial charge on any atom is 0.0705 e. The fourth-order valence-corrected chi connectivity index (χ4v) is 1.59. The van der Waals surface area contributed by atoms with Gasteiger partial charge in [-0.2, -0.15) is 0 Å². The van der Waals surface area contributed by atoms with Gasteiger partial charge in [0.1, 0.15) is 0 Å². The van der Waals surface area contributed by atoms with Gasteiger partial charge in [-0.05, 0) is 31.5 Å². The molecule has 4 nitrogen and oxygen atoms in total. The normalized spacial score (nSPS) is 9.76. The number of nitrogens with zero attached hydrogens (tertiary/aromatic N) is 4. The first-order valence-corrected chi connectivity index (χ1v) is 5.30. The first-order valence-electron chi connectivity index (χ1n) is 5.30. The molecule has 1 aromatic heterocycles. The van der Waals surface area contributed by atoms with Crippen molar-refractivity contribution >= 4 is 5.69 Å². The Labute approximate surface area is 99.6 Å². The van der Waals surface area contributed by atoms with E-state index in [1.165, 1.54) is 5.56 Å². The van der Waals surface area contributed by atoms with E-state index in [0.29, 0.717) is 5.69 Å². The van der Waals surface area contributed by atoms with Crippen molar-refractivity contribution in [2.24, 2.45) is 5.11 Å². The standard InChI is InChI=1S/C13H12N4/c1-9-3-5-11(6-4-9)13-8-7-12(16-17-14)10(2)15-13/h3-8H,1-2H3. The van der Waals surface area contributed by atoms with E-state index in [1.54, 1.807) is 6.07 Å². The third-order valence-electron chi connectivity index (χ3n) is 2.56. The molecule has 0 amide bonds. The Morgan fingerprint density at radius 1 is 1.06 bits per heavy atom. The van der Waals surface area contributed by atoms with Gasteiger partial charge in [-0.1, -0.05) is 34.9 Å². The summed E-state index contributed by atoms with van der Waals surface area (Å²) in [7, 11) is 0. The van der Waals surface area contributed by atoms with Crippen LogP contribution < -0.4 is 0 Å². The lowest BCUT2D eigenvalue weighted by molar-refractivity contribution is 1.18. The van der Waals surface area contributed by atoms with Crippen LogP contribution in [-0.4, -0.2) is 4.98 Å². The maximum atomic E-state index is 8.39. The van der Waals surface area contributed by atoms with Crippen LogP contribution in [-0.2, 0) is 0 Å². The summed E-state index contributed by atoms with van der Waals surface area (Å²) in [5, 5.41) is 3.57. The van der Waals surface area contributed by atoms with Gasteiger partial charge < -0.3 is 0 Å². The fraction of sp³-hybridized carbons (Fsp3) is 0.154. The Morgan fingerprint density at radius 2 is 1.76 bits per heavy atom. The molecule has 0 radical (unpaired) electrons. The number of pyridine rings is 1. The average Bonchev–Trinajstić information content (AvgIpc) is 2.33. The topological polar surface area (TPSA) is 61.7 Å². The van der Waals surface area contributed by atoms with E-state index in [9.17, 15) is 0 Å². The van der Waals surface area contributed by atoms with Crippen LogP contribution in [0, 0.1) is 13.8 Å². The van der Waals surface area contributed by atoms with Crippen molar-refractivity contribution in [2.75, 3.05) is 0 Å². The summed E-state index contributed by atoms with van der Waals surface area (Å²) in [6.07, 6.45) is 0. The molecule has 17 heavy (non-hydrogen) atoms. The monoisotopic (exact) mass is 224 g/mol. The average molecular weight is 224 g/mol. The second-order valence-electron chi connectivity index (χ2n) is 3.86. The Kier molecular flexibility index (Phi) is 3.08. The molecule has 84 valence electrons. The van der Waals surface area contributed by atoms with Gasteiger partial charge >= 0.3 is 0 Å². The molecule has 0 atom stereocenters. The number of azide groups is 1. The molecule has 1 heterocycles. The highest BCUT2D eigenvalue weighted by molar-refractivity contribution is 5.62. The Hall–Kier alpha value is -2.32. The number of hydrogen-bond donors (Lipinski definition) is 0. The molecular weight excluding hydrogens is 212 g/mol. The molecule has 0 aliphatic heterocycles. The minimum Gasteiger partial charge on any atom is -0.253 e. The van der Waals surface area contributed by atoms with E-state index >= 15 is 0 Å². The van der Waals surface area contributed by atoms with Gasteiger partial charge in [-0.15, -0.1) is 0 Å². The third-order valence-corrected chi connectivity index (χ3v) is 2.56. The minimum absolute atomic E-state index is 0.573. The summed E-state index contributed by atoms with van der Waals surface area (Å²) in [5.74, 6) is 0. The van der Waals surface area contributed by atoms with Gasteiger partial charge in [-0.3, -0.25) is 4.98 Å². The van der Waals surface area contributed by atoms with Gasteiger partial charge in [0.15, 0.2) is 0 Å². The molecule has 0 saturated carbocycles. The summed E-state index contributed by atoms with van der Waals surface area (Å²) in [5.41, 5.74) is 12.9. The lowest BCUT2D eigenvalue weighted by Gasteiger charge is -2.04. The van der Waals surface area contributed by atoms with Crippen molar-refractivity contribution in [3.63, 3.8) is 0 Å². The Balaban J connectivity index is 2.44. The zero-order chi connectivity index (χ0) is 12.3. The second-order valence-corrected chi connectivity index (χ2v) is 3.86. The Morgan fingerprint density at radius 3 is 2.35 bits per heavy atom. The molecule has 0 fully saturated rings. The first-order chi connectivity index (χ1) is 8.20. The molecule has 4 heteroatoms. The predicted molar refractivity (Wildman–Crippen MR) is 68.0 cm³/mol. The van der Waals surface area contributed by atoms with Gasteiger partial charge in [0, 0.05) is 16.2 Å². The lowest BCUT2D eigenvalue weighted by atomic mass is 10.1. The van der Waals surface area contributed by atoms with Crippen LogP contribution in [0.25, 0.3) is 21.7 Å². The van der Waals surface area contributed by atoms with Crippen molar-refractivity contribution in [2.45, 2.75) is 13.8 Å². The molecule has 2 aromatic rings. The minimum atomic E-state index is 0.573. The number of hydrogen-bond acceptors (Lipinski definition) is 2. The van der Waals surface area contributed by atoms with E-state index in [2.05, 4.69) is 15.0 Å². The summed E-state index contributed by atoms with van der Waals surface area (Å²) < 4.78 is 0. The highest BCUT2D eigenvalue weighted by Crippen LogP contribution is 2.23. The highest BCUT2D eigenvalue weighted by Gasteiger charge is 2.02. The van der Waals surface area contributed by atoms with E-state index in [1.807, 2.05) is 44.2 Å². The zero-order valence-corrected chi connectivity index (χ0v) is 9.75. The van der Waals surface area contributed by atoms with Crippen LogP contribution in [0.5, 0.6) is 0 Å². The largest absolute Gasteiger partial charge is 0.253 e. The van der Waals surface area contributed by atoms with Gasteiger partial charge in [0.2, 0.25) is 0 Å². The summed E-state index contributed by atoms with van der Waals surface area (Å²) in [6, 6.07) is 11.8. The fourth-order valence-electron chi connectivity index (χ4n) is 1.59. The van der Waals surface area contributed by atoms with E-state index in [-0.39, 0.29) is 0 Å². The zero-order valence-electron chi connectivity index (χ0n) is 9.75. The van der Waals surface area contributed by atoms with Crippen LogP contribution in [0.4, 0.5) is 5.69 Å². The molecular formula is C13H12N4. The molecule has 0 bridgehead atoms. The number of benzene rings is 1. The van der Waals surface area contributed by atoms with Gasteiger partial charge in [0.25, 0.3) is 0 Å². The molecule has 2 rings (SSSR count). The molecule has 0 saturated heterocycles. The summed E-state index contributed by atoms with van der Waals surface area (Å²) in [6.45, 7) is 3.88. The van der Waals surface area contributed by atoms with Gasteiger partial charge in [0.05, 0.1) is 11.4 Å². The van der Waals surface area contributed by atoms with Crippen LogP contribution in [0.3, 0.4) is 0 Å². The number of aromatic nitrogens is 1. The number of rotatable bonds is 2. The molecule has 0 aliphatic carbocycles. The van der Waals surface area contributed by atoms with E-state index in [0.717, 1.165) is 17.0 Å². The van der Waals surface area contributed by atoms with Crippen LogP contribution in [0.15, 0.2) is 41.5 Å². The summed E-state index contributed by atoms with van der Waals surface area (Å²) >= 11 is 0. The third kappa shape index (κ3) is 2.44. The second kappa shape index (κ2) is 4.68. The Bertz CT molecular complexity index is 581. The van der Waals surface area contributed by atoms with Crippen LogP contribution in [0.2, 0.25) is 0 Å². The highest BCUT2D eigenvalue weighted by atomic mass is 15.1. The van der Waals surface area contributed by atoms with Gasteiger partial charge in [-0.25, -0.2) is 0 Å². The van der Waals surface area contributed by atoms with Crippen LogP contribution >= 0.6 is 0 Å². The van der Waals surface area contributed by atoms with Crippen molar-refractivity contribution in [1.29, 1.82) is 0 Å².